The predicted octanol–water partition coefficient (Wildman–Crippen LogP) is 3.39. The van der Waals surface area contributed by atoms with Gasteiger partial charge in [0.1, 0.15) is 12.6 Å². The van der Waals surface area contributed by atoms with Crippen molar-refractivity contribution in [3.63, 3.8) is 0 Å². The van der Waals surface area contributed by atoms with Gasteiger partial charge in [0, 0.05) is 12.7 Å². The van der Waals surface area contributed by atoms with Gasteiger partial charge in [-0.15, -0.1) is 0 Å². The minimum absolute atomic E-state index is 0.0274. The highest BCUT2D eigenvalue weighted by molar-refractivity contribution is 14.1. The number of allylic oxidation sites excluding steroid dienone is 1. The van der Waals surface area contributed by atoms with E-state index in [4.69, 9.17) is 33.2 Å². The van der Waals surface area contributed by atoms with Crippen molar-refractivity contribution in [3.05, 3.63) is 76.0 Å². The number of methoxy groups -OCH3 is 3. The maximum atomic E-state index is 14.2. The Kier molecular flexibility index (Phi) is 12.2. The summed E-state index contributed by atoms with van der Waals surface area (Å²) in [5.41, 5.74) is 1.43. The second-order valence-corrected chi connectivity index (χ2v) is 11.8. The second kappa shape index (κ2) is 16.1. The summed E-state index contributed by atoms with van der Waals surface area (Å²) in [5.74, 6) is 0.490. The number of ether oxygens (including phenoxy) is 7. The highest BCUT2D eigenvalue weighted by atomic mass is 127. The largest absolute Gasteiger partial charge is 0.493 e. The van der Waals surface area contributed by atoms with Crippen molar-refractivity contribution in [3.8, 4) is 23.0 Å². The minimum atomic E-state index is -0.918. The Morgan fingerprint density at radius 1 is 1.00 bits per heavy atom. The van der Waals surface area contributed by atoms with Crippen LogP contribution in [0.4, 0.5) is 0 Å². The number of halogens is 1. The number of thiazole rings is 1. The standard InChI is InChI=1S/C32H35IN2O10S/c1-7-42-25(36)17-45-29-21(33)14-19(15-23(29)41-6)16-24-30(37)35-27(20-10-9-11-22(40-5)28(20)43-8-2)26(18(3)34-32(35)46-24)31(38)44-13-12-39-4/h9-11,14-16,27H,7-8,12-13,17H2,1-6H3/b24-16+/t27-/m1/s1. The molecule has 0 bridgehead atoms. The van der Waals surface area contributed by atoms with Crippen LogP contribution < -0.4 is 33.8 Å². The van der Waals surface area contributed by atoms with Crippen molar-refractivity contribution in [1.82, 2.24) is 4.57 Å². The Hall–Kier alpha value is -3.89. The SMILES string of the molecule is CCOC(=O)COc1c(I)cc(/C=c2/sc3n(c2=O)[C@H](c2cccc(OC)c2OCC)C(C(=O)OCCOC)=C(C)N=3)cc1OC. The van der Waals surface area contributed by atoms with Gasteiger partial charge in [-0.25, -0.2) is 14.6 Å². The highest BCUT2D eigenvalue weighted by Crippen LogP contribution is 2.41. The van der Waals surface area contributed by atoms with Gasteiger partial charge in [0.15, 0.2) is 34.4 Å². The number of carbonyl (C=O) groups is 2. The van der Waals surface area contributed by atoms with Crippen molar-refractivity contribution in [2.75, 3.05) is 54.4 Å². The maximum absolute atomic E-state index is 14.2. The topological polar surface area (TPSA) is 133 Å². The Balaban J connectivity index is 1.88. The zero-order valence-electron chi connectivity index (χ0n) is 26.3. The van der Waals surface area contributed by atoms with E-state index < -0.39 is 18.0 Å². The maximum Gasteiger partial charge on any atom is 0.344 e. The summed E-state index contributed by atoms with van der Waals surface area (Å²) in [4.78, 5) is 44.7. The molecular weight excluding hydrogens is 731 g/mol. The lowest BCUT2D eigenvalue weighted by atomic mass is 9.94. The Morgan fingerprint density at radius 3 is 2.43 bits per heavy atom. The van der Waals surface area contributed by atoms with Gasteiger partial charge in [-0.1, -0.05) is 23.5 Å². The van der Waals surface area contributed by atoms with Crippen LogP contribution in [-0.4, -0.2) is 70.9 Å². The fourth-order valence-corrected chi connectivity index (χ4v) is 6.66. The van der Waals surface area contributed by atoms with E-state index in [-0.39, 0.29) is 37.6 Å². The highest BCUT2D eigenvalue weighted by Gasteiger charge is 2.36. The van der Waals surface area contributed by atoms with Crippen LogP contribution >= 0.6 is 33.9 Å². The summed E-state index contributed by atoms with van der Waals surface area (Å²) in [6.45, 7) is 5.79. The monoisotopic (exact) mass is 766 g/mol. The van der Waals surface area contributed by atoms with Crippen LogP contribution in [0.5, 0.6) is 23.0 Å². The van der Waals surface area contributed by atoms with Crippen molar-refractivity contribution in [2.45, 2.75) is 26.8 Å². The molecule has 0 N–H and O–H groups in total. The molecule has 0 saturated carbocycles. The normalized spacial score (nSPS) is 14.3. The van der Waals surface area contributed by atoms with Crippen molar-refractivity contribution in [1.29, 1.82) is 0 Å². The van der Waals surface area contributed by atoms with Crippen LogP contribution in [0.1, 0.15) is 37.9 Å². The molecule has 14 heteroatoms. The summed E-state index contributed by atoms with van der Waals surface area (Å²) in [6, 6.07) is 7.91. The molecular formula is C32H35IN2O10S. The third-order valence-electron chi connectivity index (χ3n) is 6.76. The molecule has 0 saturated heterocycles. The molecule has 3 aromatic rings. The van der Waals surface area contributed by atoms with Crippen LogP contribution in [0, 0.1) is 3.57 Å². The van der Waals surface area contributed by atoms with Crippen molar-refractivity contribution >= 4 is 51.9 Å². The zero-order valence-corrected chi connectivity index (χ0v) is 29.3. The molecule has 2 heterocycles. The summed E-state index contributed by atoms with van der Waals surface area (Å²) in [5, 5.41) is 0. The van der Waals surface area contributed by atoms with Crippen LogP contribution in [0.15, 0.2) is 51.4 Å². The first kappa shape index (κ1) is 35.0. The molecule has 0 radical (unpaired) electrons. The van der Waals surface area contributed by atoms with E-state index in [0.717, 1.165) is 0 Å². The fraction of sp³-hybridized carbons (Fsp3) is 0.375. The average molecular weight is 767 g/mol. The van der Waals surface area contributed by atoms with Gasteiger partial charge in [0.25, 0.3) is 5.56 Å². The number of rotatable bonds is 14. The van der Waals surface area contributed by atoms with E-state index in [2.05, 4.69) is 27.6 Å². The van der Waals surface area contributed by atoms with Crippen LogP contribution in [-0.2, 0) is 23.8 Å². The number of carbonyl (C=O) groups excluding carboxylic acids is 2. The predicted molar refractivity (Wildman–Crippen MR) is 179 cm³/mol. The number of hydrogen-bond donors (Lipinski definition) is 0. The molecule has 0 fully saturated rings. The Morgan fingerprint density at radius 2 is 1.76 bits per heavy atom. The third-order valence-corrected chi connectivity index (χ3v) is 8.55. The van der Waals surface area contributed by atoms with E-state index in [1.54, 1.807) is 50.3 Å². The lowest BCUT2D eigenvalue weighted by Gasteiger charge is -2.27. The molecule has 246 valence electrons. The van der Waals surface area contributed by atoms with Gasteiger partial charge >= 0.3 is 11.9 Å². The van der Waals surface area contributed by atoms with E-state index in [0.29, 0.717) is 59.3 Å². The van der Waals surface area contributed by atoms with Gasteiger partial charge in [-0.3, -0.25) is 9.36 Å². The van der Waals surface area contributed by atoms with Gasteiger partial charge < -0.3 is 33.2 Å². The number of fused-ring (bicyclic) bond motifs is 1. The molecule has 4 rings (SSSR count). The molecule has 1 atom stereocenters. The minimum Gasteiger partial charge on any atom is -0.493 e. The Labute approximate surface area is 283 Å². The van der Waals surface area contributed by atoms with E-state index in [1.807, 2.05) is 6.92 Å². The fourth-order valence-electron chi connectivity index (χ4n) is 4.83. The van der Waals surface area contributed by atoms with Gasteiger partial charge in [-0.2, -0.15) is 0 Å². The van der Waals surface area contributed by atoms with Gasteiger partial charge in [-0.05, 0) is 73.2 Å². The van der Waals surface area contributed by atoms with Gasteiger partial charge in [0.05, 0.1) is 53.4 Å². The molecule has 1 aliphatic rings. The van der Waals surface area contributed by atoms with Crippen molar-refractivity contribution in [2.24, 2.45) is 4.99 Å². The molecule has 46 heavy (non-hydrogen) atoms. The van der Waals surface area contributed by atoms with Crippen LogP contribution in [0.25, 0.3) is 6.08 Å². The first-order valence-electron chi connectivity index (χ1n) is 14.3. The lowest BCUT2D eigenvalue weighted by Crippen LogP contribution is -2.40. The summed E-state index contributed by atoms with van der Waals surface area (Å²) in [7, 11) is 4.52. The lowest BCUT2D eigenvalue weighted by molar-refractivity contribution is -0.145. The van der Waals surface area contributed by atoms with E-state index in [9.17, 15) is 14.4 Å². The number of para-hydroxylation sites is 1. The molecule has 2 aromatic carbocycles. The van der Waals surface area contributed by atoms with Crippen LogP contribution in [0.2, 0.25) is 0 Å². The molecule has 0 amide bonds. The number of benzene rings is 2. The van der Waals surface area contributed by atoms with E-state index in [1.165, 1.54) is 37.2 Å². The van der Waals surface area contributed by atoms with Crippen molar-refractivity contribution < 1.29 is 42.7 Å². The summed E-state index contributed by atoms with van der Waals surface area (Å²) in [6.07, 6.45) is 1.71. The molecule has 12 nitrogen and oxygen atoms in total. The Bertz CT molecular complexity index is 1810. The molecule has 0 spiro atoms. The first-order valence-corrected chi connectivity index (χ1v) is 16.2. The van der Waals surface area contributed by atoms with Gasteiger partial charge in [0.2, 0.25) is 0 Å². The molecule has 1 aromatic heterocycles. The number of esters is 2. The molecule has 1 aliphatic heterocycles. The van der Waals surface area contributed by atoms with Crippen LogP contribution in [0.3, 0.4) is 0 Å². The molecule has 0 unspecified atom stereocenters. The summed E-state index contributed by atoms with van der Waals surface area (Å²) < 4.78 is 40.8. The first-order chi connectivity index (χ1) is 22.2. The quantitative estimate of drug-likeness (QED) is 0.137. The number of aromatic nitrogens is 1. The van der Waals surface area contributed by atoms with E-state index >= 15 is 0 Å². The molecule has 0 aliphatic carbocycles. The summed E-state index contributed by atoms with van der Waals surface area (Å²) >= 11 is 3.26. The smallest absolute Gasteiger partial charge is 0.344 e. The second-order valence-electron chi connectivity index (χ2n) is 9.65. The average Bonchev–Trinajstić information content (AvgIpc) is 3.33. The zero-order chi connectivity index (χ0) is 33.4. The third kappa shape index (κ3) is 7.56. The number of nitrogens with zero attached hydrogens (tertiary/aromatic N) is 2. The number of hydrogen-bond acceptors (Lipinski definition) is 12.